The zero-order valence-electron chi connectivity index (χ0n) is 14.2. The molecular formula is C19H17N3O4. The molecule has 1 aliphatic rings. The molecule has 1 aliphatic heterocycles. The molecule has 0 fully saturated rings. The third-order valence-corrected chi connectivity index (χ3v) is 4.24. The van der Waals surface area contributed by atoms with Crippen molar-refractivity contribution in [3.05, 3.63) is 72.2 Å². The number of amides is 1. The van der Waals surface area contributed by atoms with E-state index in [0.717, 1.165) is 11.1 Å². The van der Waals surface area contributed by atoms with Crippen LogP contribution in [-0.2, 0) is 16.1 Å². The van der Waals surface area contributed by atoms with Gasteiger partial charge in [-0.25, -0.2) is 4.98 Å². The van der Waals surface area contributed by atoms with Gasteiger partial charge in [0, 0.05) is 19.9 Å². The Labute approximate surface area is 150 Å². The van der Waals surface area contributed by atoms with Crippen LogP contribution in [0.25, 0.3) is 0 Å². The fraction of sp³-hybridized carbons (Fsp3) is 0.211. The second-order valence-electron chi connectivity index (χ2n) is 5.91. The lowest BCUT2D eigenvalue weighted by Gasteiger charge is -2.23. The molecule has 7 heteroatoms. The molecular weight excluding hydrogens is 334 g/mol. The molecule has 0 bridgehead atoms. The summed E-state index contributed by atoms with van der Waals surface area (Å²) >= 11 is 0. The highest BCUT2D eigenvalue weighted by molar-refractivity contribution is 5.79. The number of pyridine rings is 1. The number of aromatic nitrogens is 2. The van der Waals surface area contributed by atoms with Crippen molar-refractivity contribution in [1.82, 2.24) is 14.9 Å². The van der Waals surface area contributed by atoms with E-state index in [1.165, 1.54) is 13.5 Å². The van der Waals surface area contributed by atoms with Crippen molar-refractivity contribution in [2.24, 2.45) is 0 Å². The number of fused-ring (bicyclic) bond motifs is 1. The molecule has 2 aromatic heterocycles. The van der Waals surface area contributed by atoms with Crippen LogP contribution >= 0.6 is 0 Å². The van der Waals surface area contributed by atoms with Crippen molar-refractivity contribution in [2.75, 3.05) is 13.7 Å². The molecule has 0 radical (unpaired) electrons. The molecule has 0 saturated carbocycles. The quantitative estimate of drug-likeness (QED) is 0.703. The zero-order valence-corrected chi connectivity index (χ0v) is 14.2. The minimum atomic E-state index is -0.317. The number of hydrogen-bond donors (Lipinski definition) is 0. The van der Waals surface area contributed by atoms with Crippen LogP contribution in [0.3, 0.4) is 0 Å². The highest BCUT2D eigenvalue weighted by atomic mass is 16.5. The summed E-state index contributed by atoms with van der Waals surface area (Å²) in [6, 6.07) is 9.10. The number of rotatable bonds is 5. The third-order valence-electron chi connectivity index (χ3n) is 4.24. The first-order valence-electron chi connectivity index (χ1n) is 8.14. The molecule has 26 heavy (non-hydrogen) atoms. The Morgan fingerprint density at radius 3 is 2.92 bits per heavy atom. The van der Waals surface area contributed by atoms with E-state index >= 15 is 0 Å². The lowest BCUT2D eigenvalue weighted by Crippen LogP contribution is -2.32. The predicted molar refractivity (Wildman–Crippen MR) is 91.5 cm³/mol. The normalized spacial score (nSPS) is 15.7. The summed E-state index contributed by atoms with van der Waals surface area (Å²) in [5.74, 6) is 1.85. The molecule has 1 atom stereocenters. The van der Waals surface area contributed by atoms with Crippen LogP contribution in [0.4, 0.5) is 0 Å². The number of benzene rings is 1. The van der Waals surface area contributed by atoms with Gasteiger partial charge in [-0.2, -0.15) is 0 Å². The van der Waals surface area contributed by atoms with Gasteiger partial charge in [0.2, 0.25) is 5.91 Å². The average molecular weight is 351 g/mol. The SMILES string of the molecule is COCC(=O)N1Cc2cc(Oc3cccnc3)ccc2C1c1cnco1. The second kappa shape index (κ2) is 6.97. The van der Waals surface area contributed by atoms with Gasteiger partial charge in [-0.1, -0.05) is 6.07 Å². The number of oxazole rings is 1. The lowest BCUT2D eigenvalue weighted by atomic mass is 10.0. The van der Waals surface area contributed by atoms with Crippen LogP contribution in [0.2, 0.25) is 0 Å². The summed E-state index contributed by atoms with van der Waals surface area (Å²) in [7, 11) is 1.50. The van der Waals surface area contributed by atoms with Crippen molar-refractivity contribution in [3.63, 3.8) is 0 Å². The van der Waals surface area contributed by atoms with E-state index in [9.17, 15) is 4.79 Å². The largest absolute Gasteiger partial charge is 0.456 e. The van der Waals surface area contributed by atoms with Crippen molar-refractivity contribution in [2.45, 2.75) is 12.6 Å². The van der Waals surface area contributed by atoms with E-state index in [1.54, 1.807) is 23.5 Å². The fourth-order valence-corrected chi connectivity index (χ4v) is 3.14. The van der Waals surface area contributed by atoms with E-state index in [2.05, 4.69) is 9.97 Å². The Kier molecular flexibility index (Phi) is 4.37. The van der Waals surface area contributed by atoms with Crippen LogP contribution < -0.4 is 4.74 Å². The number of methoxy groups -OCH3 is 1. The fourth-order valence-electron chi connectivity index (χ4n) is 3.14. The maximum absolute atomic E-state index is 12.5. The average Bonchev–Trinajstić information content (AvgIpc) is 3.29. The molecule has 0 aliphatic carbocycles. The molecule has 0 N–H and O–H groups in total. The molecule has 1 amide bonds. The van der Waals surface area contributed by atoms with Gasteiger partial charge in [0.1, 0.15) is 24.1 Å². The van der Waals surface area contributed by atoms with Gasteiger partial charge < -0.3 is 18.8 Å². The number of hydrogen-bond acceptors (Lipinski definition) is 6. The summed E-state index contributed by atoms with van der Waals surface area (Å²) in [5, 5.41) is 0. The van der Waals surface area contributed by atoms with E-state index in [0.29, 0.717) is 23.8 Å². The smallest absolute Gasteiger partial charge is 0.249 e. The van der Waals surface area contributed by atoms with Gasteiger partial charge >= 0.3 is 0 Å². The maximum atomic E-state index is 12.5. The van der Waals surface area contributed by atoms with E-state index < -0.39 is 0 Å². The first kappa shape index (κ1) is 16.3. The van der Waals surface area contributed by atoms with Gasteiger partial charge in [0.15, 0.2) is 12.2 Å². The number of nitrogens with zero attached hydrogens (tertiary/aromatic N) is 3. The van der Waals surface area contributed by atoms with Gasteiger partial charge in [-0.3, -0.25) is 9.78 Å². The van der Waals surface area contributed by atoms with Gasteiger partial charge in [-0.05, 0) is 35.4 Å². The Morgan fingerprint density at radius 2 is 2.19 bits per heavy atom. The maximum Gasteiger partial charge on any atom is 0.249 e. The van der Waals surface area contributed by atoms with Crippen LogP contribution in [0.1, 0.15) is 22.9 Å². The molecule has 4 rings (SSSR count). The monoisotopic (exact) mass is 351 g/mol. The lowest BCUT2D eigenvalue weighted by molar-refractivity contribution is -0.137. The van der Waals surface area contributed by atoms with Crippen LogP contribution in [0.15, 0.2) is 59.7 Å². The van der Waals surface area contributed by atoms with Crippen LogP contribution in [0.5, 0.6) is 11.5 Å². The molecule has 7 nitrogen and oxygen atoms in total. The molecule has 1 aromatic carbocycles. The predicted octanol–water partition coefficient (Wildman–Crippen LogP) is 2.94. The molecule has 0 spiro atoms. The van der Waals surface area contributed by atoms with Crippen LogP contribution in [-0.4, -0.2) is 34.5 Å². The summed E-state index contributed by atoms with van der Waals surface area (Å²) < 4.78 is 16.3. The van der Waals surface area contributed by atoms with Crippen LogP contribution in [0, 0.1) is 0 Å². The van der Waals surface area contributed by atoms with Crippen molar-refractivity contribution in [3.8, 4) is 11.5 Å². The van der Waals surface area contributed by atoms with E-state index in [-0.39, 0.29) is 18.6 Å². The summed E-state index contributed by atoms with van der Waals surface area (Å²) in [6.07, 6.45) is 6.34. The molecule has 132 valence electrons. The highest BCUT2D eigenvalue weighted by Gasteiger charge is 2.36. The first-order chi connectivity index (χ1) is 12.8. The Hall–Kier alpha value is -3.19. The molecule has 1 unspecified atom stereocenters. The topological polar surface area (TPSA) is 77.7 Å². The minimum absolute atomic E-state index is 0.0116. The summed E-state index contributed by atoms with van der Waals surface area (Å²) in [4.78, 5) is 22.2. The van der Waals surface area contributed by atoms with Gasteiger partial charge in [0.25, 0.3) is 0 Å². The minimum Gasteiger partial charge on any atom is -0.456 e. The molecule has 3 aromatic rings. The third kappa shape index (κ3) is 3.04. The second-order valence-corrected chi connectivity index (χ2v) is 5.91. The first-order valence-corrected chi connectivity index (χ1v) is 8.14. The number of ether oxygens (including phenoxy) is 2. The van der Waals surface area contributed by atoms with E-state index in [1.807, 2.05) is 30.3 Å². The Morgan fingerprint density at radius 1 is 1.27 bits per heavy atom. The van der Waals surface area contributed by atoms with Crippen molar-refractivity contribution in [1.29, 1.82) is 0 Å². The Balaban J connectivity index is 1.66. The van der Waals surface area contributed by atoms with Gasteiger partial charge in [-0.15, -0.1) is 0 Å². The summed E-state index contributed by atoms with van der Waals surface area (Å²) in [6.45, 7) is 0.463. The number of carbonyl (C=O) groups excluding carboxylic acids is 1. The number of carbonyl (C=O) groups is 1. The molecule has 3 heterocycles. The van der Waals surface area contributed by atoms with E-state index in [4.69, 9.17) is 13.9 Å². The van der Waals surface area contributed by atoms with Gasteiger partial charge in [0.05, 0.1) is 12.4 Å². The van der Waals surface area contributed by atoms with Crippen molar-refractivity contribution >= 4 is 5.91 Å². The highest BCUT2D eigenvalue weighted by Crippen LogP contribution is 2.40. The summed E-state index contributed by atoms with van der Waals surface area (Å²) in [5.41, 5.74) is 1.99. The van der Waals surface area contributed by atoms with Crippen molar-refractivity contribution < 1.29 is 18.7 Å². The Bertz CT molecular complexity index is 896. The standard InChI is InChI=1S/C19H17N3O4/c1-24-11-18(23)22-10-13-7-14(26-15-3-2-6-20-8-15)4-5-16(13)19(22)17-9-21-12-25-17/h2-9,12,19H,10-11H2,1H3. The molecule has 0 saturated heterocycles. The zero-order chi connectivity index (χ0) is 17.9.